The maximum Gasteiger partial charge on any atom is 0.287 e. The summed E-state index contributed by atoms with van der Waals surface area (Å²) >= 11 is 0. The molecule has 0 unspecified atom stereocenters. The van der Waals surface area contributed by atoms with E-state index in [1.54, 1.807) is 31.1 Å². The van der Waals surface area contributed by atoms with E-state index in [2.05, 4.69) is 32.7 Å². The molecule has 1 aliphatic carbocycles. The lowest BCUT2D eigenvalue weighted by molar-refractivity contribution is -0.131. The summed E-state index contributed by atoms with van der Waals surface area (Å²) in [6, 6.07) is 10.3. The standard InChI is InChI=1S/C21H27N5O2/c1-22-20(28)21-11-17(24-19(27)18-23-8-9-25(18)2)10-16(21)13-26(14-21)12-15-6-4-3-5-7-15/h3-9,16-17H,10-14H2,1-2H3,(H,22,28)(H,24,27)/t16-,17-,21-/m0/s1. The summed E-state index contributed by atoms with van der Waals surface area (Å²) in [6.07, 6.45) is 4.85. The van der Waals surface area contributed by atoms with Gasteiger partial charge in [0, 0.05) is 52.2 Å². The van der Waals surface area contributed by atoms with Crippen LogP contribution in [0.4, 0.5) is 0 Å². The van der Waals surface area contributed by atoms with Crippen molar-refractivity contribution in [1.29, 1.82) is 0 Å². The minimum Gasteiger partial charge on any atom is -0.359 e. The third-order valence-corrected chi connectivity index (χ3v) is 6.23. The van der Waals surface area contributed by atoms with Crippen LogP contribution in [0, 0.1) is 11.3 Å². The van der Waals surface area contributed by atoms with E-state index >= 15 is 0 Å². The zero-order valence-corrected chi connectivity index (χ0v) is 16.4. The molecule has 0 spiro atoms. The van der Waals surface area contributed by atoms with Crippen molar-refractivity contribution in [2.75, 3.05) is 20.1 Å². The Bertz CT molecular complexity index is 865. The zero-order chi connectivity index (χ0) is 19.7. The van der Waals surface area contributed by atoms with E-state index in [0.717, 1.165) is 26.1 Å². The van der Waals surface area contributed by atoms with E-state index in [1.807, 2.05) is 18.2 Å². The molecule has 7 heteroatoms. The number of rotatable bonds is 5. The third-order valence-electron chi connectivity index (χ3n) is 6.23. The number of aryl methyl sites for hydroxylation is 1. The van der Waals surface area contributed by atoms with Gasteiger partial charge in [-0.1, -0.05) is 30.3 Å². The fraction of sp³-hybridized carbons (Fsp3) is 0.476. The van der Waals surface area contributed by atoms with Crippen LogP contribution in [0.25, 0.3) is 0 Å². The topological polar surface area (TPSA) is 79.3 Å². The minimum absolute atomic E-state index is 0.00891. The quantitative estimate of drug-likeness (QED) is 0.815. The molecule has 2 amide bonds. The SMILES string of the molecule is CNC(=O)[C@]12C[C@@H](NC(=O)c3nccn3C)C[C@H]1CN(Cc1ccccc1)C2. The van der Waals surface area contributed by atoms with Crippen molar-refractivity contribution >= 4 is 11.8 Å². The van der Waals surface area contributed by atoms with Gasteiger partial charge < -0.3 is 15.2 Å². The highest BCUT2D eigenvalue weighted by atomic mass is 16.2. The highest BCUT2D eigenvalue weighted by Gasteiger charge is 2.57. The molecule has 0 radical (unpaired) electrons. The maximum absolute atomic E-state index is 12.9. The van der Waals surface area contributed by atoms with E-state index in [1.165, 1.54) is 5.56 Å². The molecule has 1 saturated carbocycles. The molecule has 3 atom stereocenters. The number of aromatic nitrogens is 2. The second kappa shape index (κ2) is 7.39. The molecule has 2 aliphatic rings. The van der Waals surface area contributed by atoms with Gasteiger partial charge in [-0.3, -0.25) is 14.5 Å². The van der Waals surface area contributed by atoms with Crippen LogP contribution in [-0.2, 0) is 18.4 Å². The van der Waals surface area contributed by atoms with Gasteiger partial charge in [-0.25, -0.2) is 4.98 Å². The smallest absolute Gasteiger partial charge is 0.287 e. The third kappa shape index (κ3) is 3.30. The Balaban J connectivity index is 1.46. The van der Waals surface area contributed by atoms with Crippen LogP contribution in [0.3, 0.4) is 0 Å². The first-order valence-corrected chi connectivity index (χ1v) is 9.78. The molecule has 4 rings (SSSR count). The van der Waals surface area contributed by atoms with E-state index < -0.39 is 5.41 Å². The molecule has 2 N–H and O–H groups in total. The molecular weight excluding hydrogens is 354 g/mol. The Hall–Kier alpha value is -2.67. The average molecular weight is 381 g/mol. The van der Waals surface area contributed by atoms with E-state index in [0.29, 0.717) is 12.2 Å². The first-order chi connectivity index (χ1) is 13.5. The van der Waals surface area contributed by atoms with Crippen LogP contribution >= 0.6 is 0 Å². The summed E-state index contributed by atoms with van der Waals surface area (Å²) in [5.41, 5.74) is 0.817. The van der Waals surface area contributed by atoms with Gasteiger partial charge in [-0.15, -0.1) is 0 Å². The summed E-state index contributed by atoms with van der Waals surface area (Å²) in [6.45, 7) is 2.44. The molecule has 2 heterocycles. The lowest BCUT2D eigenvalue weighted by Crippen LogP contribution is -2.44. The maximum atomic E-state index is 12.9. The van der Waals surface area contributed by atoms with E-state index in [-0.39, 0.29) is 23.8 Å². The van der Waals surface area contributed by atoms with Crippen molar-refractivity contribution in [3.8, 4) is 0 Å². The highest BCUT2D eigenvalue weighted by molar-refractivity contribution is 5.91. The Labute approximate surface area is 165 Å². The van der Waals surface area contributed by atoms with Crippen LogP contribution in [0.2, 0.25) is 0 Å². The summed E-state index contributed by atoms with van der Waals surface area (Å²) in [5, 5.41) is 5.97. The normalized spacial score (nSPS) is 26.8. The van der Waals surface area contributed by atoms with Crippen molar-refractivity contribution in [2.45, 2.75) is 25.4 Å². The van der Waals surface area contributed by atoms with Crippen LogP contribution in [0.1, 0.15) is 29.0 Å². The van der Waals surface area contributed by atoms with Gasteiger partial charge in [0.2, 0.25) is 5.91 Å². The van der Waals surface area contributed by atoms with Gasteiger partial charge in [0.25, 0.3) is 5.91 Å². The number of hydrogen-bond acceptors (Lipinski definition) is 4. The molecule has 1 aromatic heterocycles. The number of nitrogens with one attached hydrogen (secondary N) is 2. The van der Waals surface area contributed by atoms with Gasteiger partial charge in [0.1, 0.15) is 0 Å². The summed E-state index contributed by atoms with van der Waals surface area (Å²) < 4.78 is 1.71. The zero-order valence-electron chi connectivity index (χ0n) is 16.4. The molecule has 1 saturated heterocycles. The van der Waals surface area contributed by atoms with E-state index in [9.17, 15) is 9.59 Å². The number of fused-ring (bicyclic) bond motifs is 1. The molecular formula is C21H27N5O2. The molecule has 1 aliphatic heterocycles. The summed E-state index contributed by atoms with van der Waals surface area (Å²) in [4.78, 5) is 31.9. The molecule has 148 valence electrons. The number of carbonyl (C=O) groups is 2. The van der Waals surface area contributed by atoms with Crippen LogP contribution in [0.5, 0.6) is 0 Å². The van der Waals surface area contributed by atoms with Gasteiger partial charge in [0.05, 0.1) is 5.41 Å². The Morgan fingerprint density at radius 3 is 2.75 bits per heavy atom. The number of carbonyl (C=O) groups excluding carboxylic acids is 2. The van der Waals surface area contributed by atoms with Crippen molar-refractivity contribution < 1.29 is 9.59 Å². The lowest BCUT2D eigenvalue weighted by atomic mass is 9.80. The number of hydrogen-bond donors (Lipinski definition) is 2. The van der Waals surface area contributed by atoms with Gasteiger partial charge >= 0.3 is 0 Å². The minimum atomic E-state index is -0.441. The largest absolute Gasteiger partial charge is 0.359 e. The summed E-state index contributed by atoms with van der Waals surface area (Å²) in [5.74, 6) is 0.548. The van der Waals surface area contributed by atoms with Crippen LogP contribution in [0.15, 0.2) is 42.7 Å². The molecule has 2 fully saturated rings. The van der Waals surface area contributed by atoms with Gasteiger partial charge in [-0.05, 0) is 24.3 Å². The van der Waals surface area contributed by atoms with Crippen molar-refractivity contribution in [1.82, 2.24) is 25.1 Å². The predicted molar refractivity (Wildman–Crippen MR) is 105 cm³/mol. The Morgan fingerprint density at radius 2 is 2.07 bits per heavy atom. The molecule has 0 bridgehead atoms. The number of nitrogens with zero attached hydrogens (tertiary/aromatic N) is 3. The van der Waals surface area contributed by atoms with Gasteiger partial charge in [-0.2, -0.15) is 0 Å². The molecule has 2 aromatic rings. The van der Waals surface area contributed by atoms with Crippen molar-refractivity contribution in [3.05, 3.63) is 54.1 Å². The van der Waals surface area contributed by atoms with E-state index in [4.69, 9.17) is 0 Å². The van der Waals surface area contributed by atoms with Gasteiger partial charge in [0.15, 0.2) is 5.82 Å². The Morgan fingerprint density at radius 1 is 1.29 bits per heavy atom. The highest BCUT2D eigenvalue weighted by Crippen LogP contribution is 2.49. The fourth-order valence-corrected chi connectivity index (χ4v) is 4.98. The lowest BCUT2D eigenvalue weighted by Gasteiger charge is -2.27. The number of benzene rings is 1. The fourth-order valence-electron chi connectivity index (χ4n) is 4.98. The number of amides is 2. The second-order valence-electron chi connectivity index (χ2n) is 8.06. The predicted octanol–water partition coefficient (Wildman–Crippen LogP) is 1.18. The molecule has 28 heavy (non-hydrogen) atoms. The summed E-state index contributed by atoms with van der Waals surface area (Å²) in [7, 11) is 3.51. The average Bonchev–Trinajstić information content (AvgIpc) is 3.34. The molecule has 1 aromatic carbocycles. The van der Waals surface area contributed by atoms with Crippen molar-refractivity contribution in [2.24, 2.45) is 18.4 Å². The van der Waals surface area contributed by atoms with Crippen molar-refractivity contribution in [3.63, 3.8) is 0 Å². The monoisotopic (exact) mass is 381 g/mol. The Kier molecular flexibility index (Phi) is 4.93. The van der Waals surface area contributed by atoms with Crippen LogP contribution in [-0.4, -0.2) is 52.4 Å². The first-order valence-electron chi connectivity index (χ1n) is 9.78. The second-order valence-corrected chi connectivity index (χ2v) is 8.06. The molecule has 7 nitrogen and oxygen atoms in total. The number of imidazole rings is 1. The first kappa shape index (κ1) is 18.7. The van der Waals surface area contributed by atoms with Crippen LogP contribution < -0.4 is 10.6 Å². The number of likely N-dealkylation sites (tertiary alicyclic amines) is 1.